The first-order valence-electron chi connectivity index (χ1n) is 7.84. The Kier molecular flexibility index (Phi) is 4.71. The predicted octanol–water partition coefficient (Wildman–Crippen LogP) is 4.21. The summed E-state index contributed by atoms with van der Waals surface area (Å²) in [6.07, 6.45) is 0. The number of carbonyl (C=O) groups is 2. The molecule has 130 valence electrons. The highest BCUT2D eigenvalue weighted by atomic mass is 16.5. The van der Waals surface area contributed by atoms with Crippen LogP contribution in [0.2, 0.25) is 0 Å². The summed E-state index contributed by atoms with van der Waals surface area (Å²) in [5.74, 6) is -1.49. The van der Waals surface area contributed by atoms with Gasteiger partial charge in [-0.2, -0.15) is 0 Å². The van der Waals surface area contributed by atoms with Gasteiger partial charge in [-0.15, -0.1) is 0 Å². The summed E-state index contributed by atoms with van der Waals surface area (Å²) in [6.45, 7) is 0. The quantitative estimate of drug-likeness (QED) is 0.690. The van der Waals surface area contributed by atoms with Gasteiger partial charge in [-0.05, 0) is 52.6 Å². The molecule has 0 heterocycles. The summed E-state index contributed by atoms with van der Waals surface area (Å²) < 4.78 is 4.69. The van der Waals surface area contributed by atoms with Crippen LogP contribution in [-0.4, -0.2) is 29.3 Å². The molecule has 0 radical (unpaired) electrons. The van der Waals surface area contributed by atoms with Crippen molar-refractivity contribution < 1.29 is 24.5 Å². The van der Waals surface area contributed by atoms with Crippen LogP contribution >= 0.6 is 0 Å². The van der Waals surface area contributed by atoms with Gasteiger partial charge in [0.05, 0.1) is 18.2 Å². The van der Waals surface area contributed by atoms with E-state index in [2.05, 4.69) is 0 Å². The van der Waals surface area contributed by atoms with Crippen molar-refractivity contribution in [2.75, 3.05) is 7.11 Å². The van der Waals surface area contributed by atoms with Crippen LogP contribution in [0.1, 0.15) is 20.7 Å². The molecule has 3 aromatic carbocycles. The summed E-state index contributed by atoms with van der Waals surface area (Å²) in [7, 11) is 1.29. The molecule has 0 unspecified atom stereocenters. The van der Waals surface area contributed by atoms with Crippen molar-refractivity contribution in [1.82, 2.24) is 0 Å². The Bertz CT molecular complexity index is 957. The SMILES string of the molecule is COC(=O)c1cc(O)cc(-c2ccc(-c3ccc(C(=O)O)cc3)cc2)c1. The van der Waals surface area contributed by atoms with Crippen molar-refractivity contribution in [3.05, 3.63) is 77.9 Å². The third kappa shape index (κ3) is 3.57. The molecule has 0 aromatic heterocycles. The Morgan fingerprint density at radius 2 is 1.23 bits per heavy atom. The molecule has 5 heteroatoms. The zero-order valence-electron chi connectivity index (χ0n) is 14.0. The summed E-state index contributed by atoms with van der Waals surface area (Å²) >= 11 is 0. The van der Waals surface area contributed by atoms with Crippen LogP contribution in [0.4, 0.5) is 0 Å². The van der Waals surface area contributed by atoms with E-state index in [1.807, 2.05) is 24.3 Å². The van der Waals surface area contributed by atoms with E-state index in [9.17, 15) is 14.7 Å². The second-order valence-electron chi connectivity index (χ2n) is 5.72. The van der Waals surface area contributed by atoms with E-state index in [-0.39, 0.29) is 16.9 Å². The van der Waals surface area contributed by atoms with Gasteiger partial charge < -0.3 is 14.9 Å². The first-order chi connectivity index (χ1) is 12.5. The fraction of sp³-hybridized carbons (Fsp3) is 0.0476. The smallest absolute Gasteiger partial charge is 0.338 e. The number of phenolic OH excluding ortho intramolecular Hbond substituents is 1. The van der Waals surface area contributed by atoms with Gasteiger partial charge in [0.1, 0.15) is 5.75 Å². The molecule has 3 aromatic rings. The van der Waals surface area contributed by atoms with E-state index in [0.717, 1.165) is 16.7 Å². The van der Waals surface area contributed by atoms with Gasteiger partial charge >= 0.3 is 11.9 Å². The molecule has 0 fully saturated rings. The first kappa shape index (κ1) is 17.2. The fourth-order valence-corrected chi connectivity index (χ4v) is 2.67. The van der Waals surface area contributed by atoms with Crippen molar-refractivity contribution in [3.63, 3.8) is 0 Å². The highest BCUT2D eigenvalue weighted by molar-refractivity contribution is 5.92. The molecule has 0 atom stereocenters. The lowest BCUT2D eigenvalue weighted by Gasteiger charge is -2.08. The largest absolute Gasteiger partial charge is 0.508 e. The van der Waals surface area contributed by atoms with Gasteiger partial charge in [0.25, 0.3) is 0 Å². The zero-order valence-corrected chi connectivity index (χ0v) is 14.0. The second kappa shape index (κ2) is 7.11. The van der Waals surface area contributed by atoms with Crippen LogP contribution in [0.5, 0.6) is 5.75 Å². The minimum atomic E-state index is -0.961. The van der Waals surface area contributed by atoms with E-state index >= 15 is 0 Å². The van der Waals surface area contributed by atoms with Crippen LogP contribution in [0.3, 0.4) is 0 Å². The number of benzene rings is 3. The minimum Gasteiger partial charge on any atom is -0.508 e. The van der Waals surface area contributed by atoms with Crippen LogP contribution in [-0.2, 0) is 4.74 Å². The van der Waals surface area contributed by atoms with Crippen molar-refractivity contribution >= 4 is 11.9 Å². The molecule has 0 saturated heterocycles. The van der Waals surface area contributed by atoms with Gasteiger partial charge in [0.15, 0.2) is 0 Å². The highest BCUT2D eigenvalue weighted by Crippen LogP contribution is 2.28. The van der Waals surface area contributed by atoms with E-state index < -0.39 is 11.9 Å². The lowest BCUT2D eigenvalue weighted by molar-refractivity contribution is 0.0599. The van der Waals surface area contributed by atoms with Crippen molar-refractivity contribution in [1.29, 1.82) is 0 Å². The average molecular weight is 348 g/mol. The lowest BCUT2D eigenvalue weighted by atomic mass is 9.98. The normalized spacial score (nSPS) is 10.3. The number of hydrogen-bond acceptors (Lipinski definition) is 4. The number of carbonyl (C=O) groups excluding carboxylic acids is 1. The predicted molar refractivity (Wildman–Crippen MR) is 97.3 cm³/mol. The van der Waals surface area contributed by atoms with Crippen LogP contribution < -0.4 is 0 Å². The average Bonchev–Trinajstić information content (AvgIpc) is 2.67. The third-order valence-corrected chi connectivity index (χ3v) is 4.02. The molecule has 0 aliphatic rings. The second-order valence-corrected chi connectivity index (χ2v) is 5.72. The van der Waals surface area contributed by atoms with E-state index in [1.54, 1.807) is 36.4 Å². The molecule has 0 bridgehead atoms. The number of methoxy groups -OCH3 is 1. The minimum absolute atomic E-state index is 0.0174. The molecular formula is C21H16O5. The number of esters is 1. The summed E-state index contributed by atoms with van der Waals surface area (Å²) in [5, 5.41) is 18.8. The Morgan fingerprint density at radius 3 is 1.73 bits per heavy atom. The Labute approximate surface area is 150 Å². The molecule has 3 rings (SSSR count). The number of hydrogen-bond donors (Lipinski definition) is 2. The Morgan fingerprint density at radius 1 is 0.731 bits per heavy atom. The lowest BCUT2D eigenvalue weighted by Crippen LogP contribution is -2.01. The molecule has 0 spiro atoms. The van der Waals surface area contributed by atoms with Gasteiger partial charge in [-0.3, -0.25) is 0 Å². The monoisotopic (exact) mass is 348 g/mol. The van der Waals surface area contributed by atoms with Gasteiger partial charge in [-0.1, -0.05) is 36.4 Å². The van der Waals surface area contributed by atoms with Gasteiger partial charge in [-0.25, -0.2) is 9.59 Å². The molecule has 26 heavy (non-hydrogen) atoms. The topological polar surface area (TPSA) is 83.8 Å². The zero-order chi connectivity index (χ0) is 18.7. The summed E-state index contributed by atoms with van der Waals surface area (Å²) in [4.78, 5) is 22.6. The first-order valence-corrected chi connectivity index (χ1v) is 7.84. The van der Waals surface area contributed by atoms with E-state index in [1.165, 1.54) is 13.2 Å². The molecule has 2 N–H and O–H groups in total. The fourth-order valence-electron chi connectivity index (χ4n) is 2.67. The number of phenols is 1. The van der Waals surface area contributed by atoms with Crippen molar-refractivity contribution in [3.8, 4) is 28.0 Å². The number of ether oxygens (including phenoxy) is 1. The molecular weight excluding hydrogens is 332 g/mol. The van der Waals surface area contributed by atoms with Crippen molar-refractivity contribution in [2.45, 2.75) is 0 Å². The van der Waals surface area contributed by atoms with Gasteiger partial charge in [0.2, 0.25) is 0 Å². The molecule has 0 amide bonds. The van der Waals surface area contributed by atoms with Crippen LogP contribution in [0.25, 0.3) is 22.3 Å². The summed E-state index contributed by atoms with van der Waals surface area (Å²) in [6, 6.07) is 18.7. The van der Waals surface area contributed by atoms with E-state index in [0.29, 0.717) is 5.56 Å². The van der Waals surface area contributed by atoms with Gasteiger partial charge in [0, 0.05) is 0 Å². The van der Waals surface area contributed by atoms with E-state index in [4.69, 9.17) is 9.84 Å². The highest BCUT2D eigenvalue weighted by Gasteiger charge is 2.10. The van der Waals surface area contributed by atoms with Crippen LogP contribution in [0, 0.1) is 0 Å². The number of aromatic hydroxyl groups is 1. The maximum atomic E-state index is 11.7. The number of carboxylic acids is 1. The Hall–Kier alpha value is -3.60. The molecule has 0 aliphatic heterocycles. The maximum Gasteiger partial charge on any atom is 0.338 e. The Balaban J connectivity index is 1.91. The molecule has 0 aliphatic carbocycles. The van der Waals surface area contributed by atoms with Crippen LogP contribution in [0.15, 0.2) is 66.7 Å². The maximum absolute atomic E-state index is 11.7. The number of aromatic carboxylic acids is 1. The number of rotatable bonds is 4. The molecule has 0 saturated carbocycles. The number of carboxylic acid groups (broad SMARTS) is 1. The van der Waals surface area contributed by atoms with Crippen molar-refractivity contribution in [2.24, 2.45) is 0 Å². The molecule has 5 nitrogen and oxygen atoms in total. The standard InChI is InChI=1S/C21H16O5/c1-26-21(25)18-10-17(11-19(22)12-18)15-4-2-13(3-5-15)14-6-8-16(9-7-14)20(23)24/h2-12,22H,1H3,(H,23,24). The third-order valence-electron chi connectivity index (χ3n) is 4.02. The summed E-state index contributed by atoms with van der Waals surface area (Å²) in [5.41, 5.74) is 3.86.